The third-order valence-electron chi connectivity index (χ3n) is 3.36. The number of hydrogen-bond acceptors (Lipinski definition) is 5. The molecule has 2 rings (SSSR count). The van der Waals surface area contributed by atoms with Gasteiger partial charge in [-0.2, -0.15) is 0 Å². The van der Waals surface area contributed by atoms with Crippen LogP contribution in [0.1, 0.15) is 12.8 Å². The molecule has 1 aliphatic heterocycles. The van der Waals surface area contributed by atoms with Crippen LogP contribution in [0.5, 0.6) is 0 Å². The van der Waals surface area contributed by atoms with Gasteiger partial charge in [0.1, 0.15) is 11.2 Å². The second kappa shape index (κ2) is 5.60. The number of rotatable bonds is 4. The Bertz CT molecular complexity index is 564. The van der Waals surface area contributed by atoms with Gasteiger partial charge in [0.2, 0.25) is 0 Å². The number of aliphatic carboxylic acids is 1. The maximum absolute atomic E-state index is 13.8. The minimum atomic E-state index is -1.56. The van der Waals surface area contributed by atoms with Crippen LogP contribution in [0.15, 0.2) is 12.1 Å². The number of carboxylic acid groups (broad SMARTS) is 1. The van der Waals surface area contributed by atoms with Crippen LogP contribution in [-0.2, 0) is 9.53 Å². The number of carbonyl (C=O) groups is 1. The standard InChI is InChI=1S/C12H12F2N2O5/c13-8-5-7(16(19)20)6-9(14)10(8)15-12(11(17)18)1-3-21-4-2-12/h5-6,15H,1-4H2,(H,17,18). The number of anilines is 1. The van der Waals surface area contributed by atoms with Crippen molar-refractivity contribution >= 4 is 17.3 Å². The third-order valence-corrected chi connectivity index (χ3v) is 3.36. The molecule has 1 aromatic rings. The zero-order valence-corrected chi connectivity index (χ0v) is 10.8. The number of non-ortho nitro benzene ring substituents is 1. The van der Waals surface area contributed by atoms with Crippen molar-refractivity contribution in [3.63, 3.8) is 0 Å². The zero-order chi connectivity index (χ0) is 15.6. The van der Waals surface area contributed by atoms with Crippen LogP contribution in [-0.4, -0.2) is 34.8 Å². The minimum absolute atomic E-state index is 0.0260. The predicted molar refractivity (Wildman–Crippen MR) is 67.1 cm³/mol. The Morgan fingerprint density at radius 1 is 1.33 bits per heavy atom. The van der Waals surface area contributed by atoms with Crippen molar-refractivity contribution < 1.29 is 28.3 Å². The predicted octanol–water partition coefficient (Wildman–Crippen LogP) is 1.92. The summed E-state index contributed by atoms with van der Waals surface area (Å²) in [6.45, 7) is 0.269. The first-order chi connectivity index (χ1) is 9.85. The van der Waals surface area contributed by atoms with Gasteiger partial charge in [-0.1, -0.05) is 0 Å². The second-order valence-corrected chi connectivity index (χ2v) is 4.67. The van der Waals surface area contributed by atoms with E-state index in [1.165, 1.54) is 0 Å². The molecular formula is C12H12F2N2O5. The molecule has 1 aromatic carbocycles. The Labute approximate surface area is 117 Å². The maximum atomic E-state index is 13.8. The van der Waals surface area contributed by atoms with E-state index in [-0.39, 0.29) is 26.1 Å². The van der Waals surface area contributed by atoms with Crippen molar-refractivity contribution in [2.45, 2.75) is 18.4 Å². The van der Waals surface area contributed by atoms with E-state index >= 15 is 0 Å². The van der Waals surface area contributed by atoms with Crippen LogP contribution < -0.4 is 5.32 Å². The third kappa shape index (κ3) is 2.92. The van der Waals surface area contributed by atoms with E-state index in [4.69, 9.17) is 4.74 Å². The Morgan fingerprint density at radius 3 is 2.29 bits per heavy atom. The van der Waals surface area contributed by atoms with E-state index in [1.807, 2.05) is 0 Å². The molecule has 1 heterocycles. The second-order valence-electron chi connectivity index (χ2n) is 4.67. The highest BCUT2D eigenvalue weighted by Crippen LogP contribution is 2.31. The van der Waals surface area contributed by atoms with E-state index in [2.05, 4.69) is 5.32 Å². The van der Waals surface area contributed by atoms with Gasteiger partial charge in [-0.05, 0) is 0 Å². The van der Waals surface area contributed by atoms with Crippen molar-refractivity contribution in [2.75, 3.05) is 18.5 Å². The van der Waals surface area contributed by atoms with Crippen LogP contribution in [0.4, 0.5) is 20.2 Å². The fourth-order valence-electron chi connectivity index (χ4n) is 2.14. The Morgan fingerprint density at radius 2 is 1.86 bits per heavy atom. The smallest absolute Gasteiger partial charge is 0.329 e. The molecule has 0 aromatic heterocycles. The van der Waals surface area contributed by atoms with Crippen molar-refractivity contribution in [3.05, 3.63) is 33.9 Å². The van der Waals surface area contributed by atoms with Gasteiger partial charge in [0, 0.05) is 26.1 Å². The van der Waals surface area contributed by atoms with Crippen molar-refractivity contribution in [2.24, 2.45) is 0 Å². The first-order valence-electron chi connectivity index (χ1n) is 6.08. The molecule has 0 atom stereocenters. The zero-order valence-electron chi connectivity index (χ0n) is 10.8. The first-order valence-corrected chi connectivity index (χ1v) is 6.08. The van der Waals surface area contributed by atoms with Crippen molar-refractivity contribution in [1.29, 1.82) is 0 Å². The van der Waals surface area contributed by atoms with E-state index in [1.54, 1.807) is 0 Å². The molecule has 114 valence electrons. The van der Waals surface area contributed by atoms with Crippen molar-refractivity contribution in [3.8, 4) is 0 Å². The molecule has 0 aliphatic carbocycles. The molecule has 7 nitrogen and oxygen atoms in total. The maximum Gasteiger partial charge on any atom is 0.329 e. The molecule has 2 N–H and O–H groups in total. The lowest BCUT2D eigenvalue weighted by Gasteiger charge is -2.34. The van der Waals surface area contributed by atoms with Gasteiger partial charge < -0.3 is 15.2 Å². The molecule has 9 heteroatoms. The summed E-state index contributed by atoms with van der Waals surface area (Å²) in [4.78, 5) is 21.0. The van der Waals surface area contributed by atoms with Crippen LogP contribution in [0.2, 0.25) is 0 Å². The van der Waals surface area contributed by atoms with Crippen LogP contribution in [0, 0.1) is 21.7 Å². The van der Waals surface area contributed by atoms with Gasteiger partial charge in [-0.15, -0.1) is 0 Å². The lowest BCUT2D eigenvalue weighted by Crippen LogP contribution is -2.50. The summed E-state index contributed by atoms with van der Waals surface area (Å²) in [6.07, 6.45) is 0.0520. The van der Waals surface area contributed by atoms with Gasteiger partial charge in [-0.25, -0.2) is 13.6 Å². The lowest BCUT2D eigenvalue weighted by atomic mass is 9.89. The van der Waals surface area contributed by atoms with Crippen molar-refractivity contribution in [1.82, 2.24) is 0 Å². The molecule has 21 heavy (non-hydrogen) atoms. The molecule has 1 fully saturated rings. The minimum Gasteiger partial charge on any atom is -0.480 e. The average Bonchev–Trinajstić information content (AvgIpc) is 2.43. The molecule has 0 saturated carbocycles. The molecule has 0 amide bonds. The molecule has 1 saturated heterocycles. The van der Waals surface area contributed by atoms with Crippen LogP contribution in [0.3, 0.4) is 0 Å². The molecule has 0 spiro atoms. The van der Waals surface area contributed by atoms with Gasteiger partial charge in [-0.3, -0.25) is 10.1 Å². The number of halogens is 2. The monoisotopic (exact) mass is 302 g/mol. The number of nitro benzene ring substituents is 1. The van der Waals surface area contributed by atoms with E-state index < -0.39 is 39.4 Å². The molecule has 0 radical (unpaired) electrons. The van der Waals surface area contributed by atoms with E-state index in [9.17, 15) is 28.8 Å². The highest BCUT2D eigenvalue weighted by atomic mass is 19.1. The number of hydrogen-bond donors (Lipinski definition) is 2. The van der Waals surface area contributed by atoms with Gasteiger partial charge in [0.15, 0.2) is 11.6 Å². The first kappa shape index (κ1) is 15.1. The Balaban J connectivity index is 2.37. The number of nitrogens with one attached hydrogen (secondary N) is 1. The number of benzene rings is 1. The summed E-state index contributed by atoms with van der Waals surface area (Å²) in [5.74, 6) is -3.69. The van der Waals surface area contributed by atoms with Gasteiger partial charge in [0.25, 0.3) is 5.69 Å². The number of nitrogens with zero attached hydrogens (tertiary/aromatic N) is 1. The number of carboxylic acids is 1. The largest absolute Gasteiger partial charge is 0.480 e. The fraction of sp³-hybridized carbons (Fsp3) is 0.417. The summed E-state index contributed by atoms with van der Waals surface area (Å²) in [5, 5.41) is 22.2. The summed E-state index contributed by atoms with van der Waals surface area (Å²) < 4.78 is 32.7. The summed E-state index contributed by atoms with van der Waals surface area (Å²) >= 11 is 0. The molecule has 1 aliphatic rings. The van der Waals surface area contributed by atoms with Crippen LogP contribution in [0.25, 0.3) is 0 Å². The number of ether oxygens (including phenoxy) is 1. The fourth-order valence-corrected chi connectivity index (χ4v) is 2.14. The normalized spacial score (nSPS) is 17.2. The summed E-state index contributed by atoms with van der Waals surface area (Å²) in [7, 11) is 0. The van der Waals surface area contributed by atoms with Crippen LogP contribution >= 0.6 is 0 Å². The lowest BCUT2D eigenvalue weighted by molar-refractivity contribution is -0.385. The molecule has 0 unspecified atom stereocenters. The molecular weight excluding hydrogens is 290 g/mol. The average molecular weight is 302 g/mol. The Kier molecular flexibility index (Phi) is 4.03. The van der Waals surface area contributed by atoms with E-state index in [0.717, 1.165) is 0 Å². The summed E-state index contributed by atoms with van der Waals surface area (Å²) in [5.41, 5.74) is -2.99. The van der Waals surface area contributed by atoms with E-state index in [0.29, 0.717) is 12.1 Å². The highest BCUT2D eigenvalue weighted by Gasteiger charge is 2.41. The highest BCUT2D eigenvalue weighted by molar-refractivity contribution is 5.83. The topological polar surface area (TPSA) is 102 Å². The SMILES string of the molecule is O=C(O)C1(Nc2c(F)cc([N+](=O)[O-])cc2F)CCOCC1. The Hall–Kier alpha value is -2.29. The number of nitro groups is 1. The quantitative estimate of drug-likeness (QED) is 0.651. The van der Waals surface area contributed by atoms with Gasteiger partial charge >= 0.3 is 5.97 Å². The summed E-state index contributed by atoms with van der Waals surface area (Å²) in [6, 6.07) is 1.08. The molecule has 0 bridgehead atoms. The van der Waals surface area contributed by atoms with Gasteiger partial charge in [0.05, 0.1) is 17.1 Å².